The zero-order chi connectivity index (χ0) is 14.1. The summed E-state index contributed by atoms with van der Waals surface area (Å²) in [5.41, 5.74) is 7.91. The zero-order valence-corrected chi connectivity index (χ0v) is 12.8. The van der Waals surface area contributed by atoms with Crippen molar-refractivity contribution in [2.24, 2.45) is 0 Å². The molecule has 0 unspecified atom stereocenters. The van der Waals surface area contributed by atoms with Crippen LogP contribution in [-0.4, -0.2) is 18.0 Å². The molecule has 2 aliphatic rings. The minimum absolute atomic E-state index is 0.551. The van der Waals surface area contributed by atoms with Crippen LogP contribution in [0.5, 0.6) is 0 Å². The lowest BCUT2D eigenvalue weighted by Gasteiger charge is -2.35. The summed E-state index contributed by atoms with van der Waals surface area (Å²) in [4.78, 5) is 2.21. The number of nitrogens with zero attached hydrogens (tertiary/aromatic N) is 1. The minimum atomic E-state index is 0.551. The lowest BCUT2D eigenvalue weighted by atomic mass is 10.1. The number of hydrogen-bond acceptors (Lipinski definition) is 4. The maximum atomic E-state index is 6.23. The smallest absolute Gasteiger partial charge is 0.142 e. The number of hydrogen-bond donors (Lipinski definition) is 3. The third-order valence-electron chi connectivity index (χ3n) is 3.22. The van der Waals surface area contributed by atoms with Gasteiger partial charge >= 0.3 is 0 Å². The van der Waals surface area contributed by atoms with E-state index in [0.717, 1.165) is 30.2 Å². The average molecular weight is 332 g/mol. The molecule has 0 saturated carbocycles. The SMILES string of the molecule is ClC1=CC2=C(NCCN2Cc2cc(Cl)ccc2Cl)NN1. The van der Waals surface area contributed by atoms with Crippen molar-refractivity contribution >= 4 is 34.8 Å². The van der Waals surface area contributed by atoms with Gasteiger partial charge in [-0.15, -0.1) is 0 Å². The molecule has 2 aliphatic heterocycles. The quantitative estimate of drug-likeness (QED) is 0.729. The normalized spacial score (nSPS) is 17.8. The van der Waals surface area contributed by atoms with Crippen LogP contribution in [0.1, 0.15) is 5.56 Å². The number of benzene rings is 1. The molecule has 0 amide bonds. The second kappa shape index (κ2) is 5.64. The molecule has 2 heterocycles. The molecule has 0 atom stereocenters. The van der Waals surface area contributed by atoms with Gasteiger partial charge in [-0.25, -0.2) is 0 Å². The highest BCUT2D eigenvalue weighted by Gasteiger charge is 2.22. The first-order chi connectivity index (χ1) is 9.63. The van der Waals surface area contributed by atoms with Gasteiger partial charge in [0, 0.05) is 35.8 Å². The molecule has 3 rings (SSSR count). The molecule has 0 spiro atoms. The van der Waals surface area contributed by atoms with E-state index in [0.29, 0.717) is 21.7 Å². The van der Waals surface area contributed by atoms with Crippen molar-refractivity contribution in [1.29, 1.82) is 0 Å². The summed E-state index contributed by atoms with van der Waals surface area (Å²) < 4.78 is 0. The predicted octanol–water partition coefficient (Wildman–Crippen LogP) is 2.76. The van der Waals surface area contributed by atoms with Gasteiger partial charge in [0.2, 0.25) is 0 Å². The van der Waals surface area contributed by atoms with Gasteiger partial charge in [-0.05, 0) is 23.8 Å². The van der Waals surface area contributed by atoms with Gasteiger partial charge in [0.15, 0.2) is 0 Å². The molecule has 0 aromatic heterocycles. The van der Waals surface area contributed by atoms with E-state index in [1.807, 2.05) is 18.2 Å². The second-order valence-electron chi connectivity index (χ2n) is 4.59. The summed E-state index contributed by atoms with van der Waals surface area (Å²) in [7, 11) is 0. The van der Waals surface area contributed by atoms with E-state index in [2.05, 4.69) is 21.1 Å². The molecule has 4 nitrogen and oxygen atoms in total. The van der Waals surface area contributed by atoms with E-state index in [9.17, 15) is 0 Å². The van der Waals surface area contributed by atoms with Gasteiger partial charge in [-0.1, -0.05) is 34.8 Å². The Morgan fingerprint density at radius 1 is 1.15 bits per heavy atom. The third-order valence-corrected chi connectivity index (χ3v) is 4.03. The summed E-state index contributed by atoms with van der Waals surface area (Å²) in [6, 6.07) is 5.50. The minimum Gasteiger partial charge on any atom is -0.367 e. The molecule has 1 aromatic rings. The molecule has 0 fully saturated rings. The standard InChI is InChI=1S/C13H13Cl3N4/c14-9-1-2-10(15)8(5-9)7-20-4-3-17-13-11(20)6-12(16)18-19-13/h1-2,5-6,17-19H,3-4,7H2. The summed E-state index contributed by atoms with van der Waals surface area (Å²) in [6.45, 7) is 2.39. The number of halogens is 3. The van der Waals surface area contributed by atoms with Crippen molar-refractivity contribution in [2.75, 3.05) is 13.1 Å². The first-order valence-corrected chi connectivity index (χ1v) is 7.33. The summed E-state index contributed by atoms with van der Waals surface area (Å²) in [6.07, 6.45) is 1.89. The van der Waals surface area contributed by atoms with Crippen molar-refractivity contribution in [3.63, 3.8) is 0 Å². The van der Waals surface area contributed by atoms with E-state index in [1.54, 1.807) is 6.07 Å². The molecule has 0 radical (unpaired) electrons. The second-order valence-corrected chi connectivity index (χ2v) is 5.84. The number of hydrazine groups is 1. The maximum absolute atomic E-state index is 6.23. The fourth-order valence-corrected chi connectivity index (χ4v) is 2.79. The van der Waals surface area contributed by atoms with E-state index in [1.165, 1.54) is 0 Å². The Kier molecular flexibility index (Phi) is 3.87. The highest BCUT2D eigenvalue weighted by Crippen LogP contribution is 2.26. The van der Waals surface area contributed by atoms with Gasteiger partial charge in [0.25, 0.3) is 0 Å². The molecule has 7 heteroatoms. The summed E-state index contributed by atoms with van der Waals surface area (Å²) >= 11 is 18.3. The lowest BCUT2D eigenvalue weighted by molar-refractivity contribution is 0.308. The van der Waals surface area contributed by atoms with Crippen LogP contribution in [-0.2, 0) is 6.54 Å². The van der Waals surface area contributed by atoms with Crippen LogP contribution in [0, 0.1) is 0 Å². The van der Waals surface area contributed by atoms with Crippen molar-refractivity contribution in [3.05, 3.63) is 56.6 Å². The Labute approximate surface area is 132 Å². The molecular weight excluding hydrogens is 319 g/mol. The van der Waals surface area contributed by atoms with E-state index >= 15 is 0 Å². The zero-order valence-electron chi connectivity index (χ0n) is 10.5. The van der Waals surface area contributed by atoms with Crippen LogP contribution in [0.15, 0.2) is 40.9 Å². The summed E-state index contributed by atoms with van der Waals surface area (Å²) in [5, 5.41) is 5.24. The molecule has 1 aromatic carbocycles. The van der Waals surface area contributed by atoms with Crippen LogP contribution >= 0.6 is 34.8 Å². The Morgan fingerprint density at radius 2 is 2.00 bits per heavy atom. The Balaban J connectivity index is 1.88. The van der Waals surface area contributed by atoms with Crippen LogP contribution < -0.4 is 16.2 Å². The molecule has 0 aliphatic carbocycles. The van der Waals surface area contributed by atoms with E-state index in [4.69, 9.17) is 34.8 Å². The third kappa shape index (κ3) is 2.77. The van der Waals surface area contributed by atoms with Crippen LogP contribution in [0.25, 0.3) is 0 Å². The van der Waals surface area contributed by atoms with Gasteiger partial charge in [0.1, 0.15) is 11.0 Å². The number of allylic oxidation sites excluding steroid dienone is 1. The molecule has 3 N–H and O–H groups in total. The van der Waals surface area contributed by atoms with E-state index in [-0.39, 0.29) is 0 Å². The van der Waals surface area contributed by atoms with Gasteiger partial charge < -0.3 is 10.2 Å². The van der Waals surface area contributed by atoms with Gasteiger partial charge in [0.05, 0.1) is 5.70 Å². The van der Waals surface area contributed by atoms with E-state index < -0.39 is 0 Å². The fourth-order valence-electron chi connectivity index (χ4n) is 2.27. The number of rotatable bonds is 2. The Morgan fingerprint density at radius 3 is 2.85 bits per heavy atom. The molecule has 0 saturated heterocycles. The molecule has 0 bridgehead atoms. The first-order valence-electron chi connectivity index (χ1n) is 6.20. The van der Waals surface area contributed by atoms with Crippen molar-refractivity contribution in [1.82, 2.24) is 21.1 Å². The summed E-state index contributed by atoms with van der Waals surface area (Å²) in [5.74, 6) is 0.916. The fraction of sp³-hybridized carbons (Fsp3) is 0.231. The van der Waals surface area contributed by atoms with Crippen molar-refractivity contribution < 1.29 is 0 Å². The first kappa shape index (κ1) is 13.7. The van der Waals surface area contributed by atoms with Crippen molar-refractivity contribution in [2.45, 2.75) is 6.54 Å². The Bertz CT molecular complexity index is 597. The highest BCUT2D eigenvalue weighted by atomic mass is 35.5. The molecule has 106 valence electrons. The average Bonchev–Trinajstić information content (AvgIpc) is 2.43. The molecular formula is C13H13Cl3N4. The molecule has 20 heavy (non-hydrogen) atoms. The maximum Gasteiger partial charge on any atom is 0.142 e. The topological polar surface area (TPSA) is 39.3 Å². The van der Waals surface area contributed by atoms with Crippen LogP contribution in [0.2, 0.25) is 10.0 Å². The van der Waals surface area contributed by atoms with Crippen LogP contribution in [0.4, 0.5) is 0 Å². The Hall–Kier alpha value is -1.23. The monoisotopic (exact) mass is 330 g/mol. The highest BCUT2D eigenvalue weighted by molar-refractivity contribution is 6.33. The van der Waals surface area contributed by atoms with Gasteiger partial charge in [-0.2, -0.15) is 0 Å². The number of nitrogens with one attached hydrogen (secondary N) is 3. The lowest BCUT2D eigenvalue weighted by Crippen LogP contribution is -2.48. The van der Waals surface area contributed by atoms with Crippen LogP contribution in [0.3, 0.4) is 0 Å². The largest absolute Gasteiger partial charge is 0.367 e. The predicted molar refractivity (Wildman–Crippen MR) is 82.1 cm³/mol. The van der Waals surface area contributed by atoms with Gasteiger partial charge in [-0.3, -0.25) is 10.9 Å². The van der Waals surface area contributed by atoms with Crippen molar-refractivity contribution in [3.8, 4) is 0 Å².